The highest BCUT2D eigenvalue weighted by Gasteiger charge is 2.28. The van der Waals surface area contributed by atoms with Crippen LogP contribution in [0.1, 0.15) is 30.6 Å². The van der Waals surface area contributed by atoms with Gasteiger partial charge in [0.1, 0.15) is 11.6 Å². The molecule has 124 valence electrons. The summed E-state index contributed by atoms with van der Waals surface area (Å²) in [6, 6.07) is 8.15. The van der Waals surface area contributed by atoms with Crippen LogP contribution < -0.4 is 4.74 Å². The van der Waals surface area contributed by atoms with Crippen molar-refractivity contribution in [3.63, 3.8) is 0 Å². The minimum absolute atomic E-state index is 0.553. The normalized spacial score (nSPS) is 14.1. The molecule has 0 unspecified atom stereocenters. The van der Waals surface area contributed by atoms with E-state index in [0.717, 1.165) is 22.3 Å². The fourth-order valence-electron chi connectivity index (χ4n) is 2.52. The van der Waals surface area contributed by atoms with E-state index < -0.39 is 0 Å². The Kier molecular flexibility index (Phi) is 3.97. The van der Waals surface area contributed by atoms with Gasteiger partial charge in [-0.1, -0.05) is 29.1 Å². The van der Waals surface area contributed by atoms with Gasteiger partial charge >= 0.3 is 0 Å². The number of nitrogens with zero attached hydrogens (tertiary/aromatic N) is 5. The average molecular weight is 343 g/mol. The first-order valence-corrected chi connectivity index (χ1v) is 8.74. The van der Waals surface area contributed by atoms with E-state index in [1.807, 2.05) is 31.2 Å². The molecule has 0 amide bonds. The second kappa shape index (κ2) is 6.27. The van der Waals surface area contributed by atoms with Crippen molar-refractivity contribution in [3.8, 4) is 17.1 Å². The summed E-state index contributed by atoms with van der Waals surface area (Å²) in [5.74, 6) is 3.43. The second-order valence-corrected chi connectivity index (χ2v) is 6.61. The molecule has 8 heteroatoms. The van der Waals surface area contributed by atoms with Crippen LogP contribution in [0.2, 0.25) is 0 Å². The van der Waals surface area contributed by atoms with Gasteiger partial charge in [-0.2, -0.15) is 4.98 Å². The predicted molar refractivity (Wildman–Crippen MR) is 88.9 cm³/mol. The number of ether oxygens (including phenoxy) is 1. The molecule has 4 rings (SSSR count). The van der Waals surface area contributed by atoms with Crippen molar-refractivity contribution in [1.29, 1.82) is 0 Å². The third-order valence-electron chi connectivity index (χ3n) is 3.87. The maximum absolute atomic E-state index is 5.36. The highest BCUT2D eigenvalue weighted by molar-refractivity contribution is 7.98. The van der Waals surface area contributed by atoms with Gasteiger partial charge in [0.25, 0.3) is 0 Å². The minimum atomic E-state index is 0.553. The number of hydrogen-bond acceptors (Lipinski definition) is 7. The molecule has 1 saturated carbocycles. The van der Waals surface area contributed by atoms with Gasteiger partial charge in [0.05, 0.1) is 12.9 Å². The molecule has 2 heterocycles. The van der Waals surface area contributed by atoms with Crippen molar-refractivity contribution < 1.29 is 9.26 Å². The van der Waals surface area contributed by atoms with Gasteiger partial charge in [-0.3, -0.25) is 0 Å². The first-order chi connectivity index (χ1) is 11.7. The number of benzene rings is 1. The summed E-state index contributed by atoms with van der Waals surface area (Å²) in [6.07, 6.45) is 2.40. The summed E-state index contributed by atoms with van der Waals surface area (Å²) in [6.45, 7) is 1.99. The Morgan fingerprint density at radius 2 is 2.21 bits per heavy atom. The van der Waals surface area contributed by atoms with Gasteiger partial charge in [0.2, 0.25) is 11.7 Å². The Balaban J connectivity index is 1.47. The predicted octanol–water partition coefficient (Wildman–Crippen LogP) is 3.27. The maximum atomic E-state index is 5.36. The van der Waals surface area contributed by atoms with Crippen LogP contribution in [-0.4, -0.2) is 32.0 Å². The molecule has 1 aromatic carbocycles. The fraction of sp³-hybridized carbons (Fsp3) is 0.375. The van der Waals surface area contributed by atoms with Crippen molar-refractivity contribution >= 4 is 11.8 Å². The topological polar surface area (TPSA) is 78.9 Å². The van der Waals surface area contributed by atoms with Gasteiger partial charge in [-0.05, 0) is 31.9 Å². The fourth-order valence-corrected chi connectivity index (χ4v) is 3.41. The molecular formula is C16H17N5O2S. The lowest BCUT2D eigenvalue weighted by molar-refractivity contribution is 0.391. The van der Waals surface area contributed by atoms with E-state index >= 15 is 0 Å². The molecule has 0 bridgehead atoms. The standard InChI is InChI=1S/C16H17N5O2S/c1-10-18-19-16(21(10)12-6-7-12)24-9-14-17-15(20-23-14)11-4-3-5-13(8-11)22-2/h3-5,8,12H,6-7,9H2,1-2H3. The number of aromatic nitrogens is 5. The van der Waals surface area contributed by atoms with Crippen LogP contribution in [0, 0.1) is 6.92 Å². The first kappa shape index (κ1) is 15.2. The lowest BCUT2D eigenvalue weighted by Gasteiger charge is -2.04. The summed E-state index contributed by atoms with van der Waals surface area (Å²) < 4.78 is 12.8. The summed E-state index contributed by atoms with van der Waals surface area (Å²) in [5.41, 5.74) is 0.867. The Bertz CT molecular complexity index is 856. The zero-order chi connectivity index (χ0) is 16.5. The lowest BCUT2D eigenvalue weighted by atomic mass is 10.2. The molecule has 0 atom stereocenters. The number of hydrogen-bond donors (Lipinski definition) is 0. The van der Waals surface area contributed by atoms with Crippen LogP contribution >= 0.6 is 11.8 Å². The van der Waals surface area contributed by atoms with Crippen molar-refractivity contribution in [3.05, 3.63) is 36.0 Å². The van der Waals surface area contributed by atoms with Gasteiger partial charge in [-0.25, -0.2) is 0 Å². The highest BCUT2D eigenvalue weighted by Crippen LogP contribution is 2.39. The molecule has 0 aliphatic heterocycles. The number of methoxy groups -OCH3 is 1. The lowest BCUT2D eigenvalue weighted by Crippen LogP contribution is -1.99. The third kappa shape index (κ3) is 3.01. The van der Waals surface area contributed by atoms with Crippen LogP contribution in [0.3, 0.4) is 0 Å². The number of aryl methyl sites for hydroxylation is 1. The molecule has 1 aliphatic carbocycles. The molecule has 7 nitrogen and oxygen atoms in total. The molecule has 0 saturated heterocycles. The monoisotopic (exact) mass is 343 g/mol. The van der Waals surface area contributed by atoms with Gasteiger partial charge < -0.3 is 13.8 Å². The zero-order valence-electron chi connectivity index (χ0n) is 13.5. The van der Waals surface area contributed by atoms with E-state index in [9.17, 15) is 0 Å². The Morgan fingerprint density at radius 1 is 1.33 bits per heavy atom. The zero-order valence-corrected chi connectivity index (χ0v) is 14.3. The summed E-state index contributed by atoms with van der Waals surface area (Å²) in [7, 11) is 1.63. The second-order valence-electron chi connectivity index (χ2n) is 5.66. The summed E-state index contributed by atoms with van der Waals surface area (Å²) >= 11 is 1.57. The van der Waals surface area contributed by atoms with Crippen molar-refractivity contribution in [2.45, 2.75) is 36.7 Å². The van der Waals surface area contributed by atoms with Gasteiger partial charge in [0.15, 0.2) is 5.16 Å². The number of rotatable bonds is 6. The molecule has 0 N–H and O–H groups in total. The quantitative estimate of drug-likeness (QED) is 0.635. The largest absolute Gasteiger partial charge is 0.497 e. The molecule has 1 fully saturated rings. The van der Waals surface area contributed by atoms with E-state index in [-0.39, 0.29) is 0 Å². The minimum Gasteiger partial charge on any atom is -0.497 e. The molecule has 0 spiro atoms. The van der Waals surface area contributed by atoms with Crippen LogP contribution in [0.15, 0.2) is 33.9 Å². The molecule has 0 radical (unpaired) electrons. The van der Waals surface area contributed by atoms with Gasteiger partial charge in [-0.15, -0.1) is 10.2 Å². The molecule has 2 aromatic heterocycles. The molecule has 24 heavy (non-hydrogen) atoms. The van der Waals surface area contributed by atoms with E-state index in [2.05, 4.69) is 24.9 Å². The first-order valence-electron chi connectivity index (χ1n) is 7.76. The Hall–Kier alpha value is -2.35. The summed E-state index contributed by atoms with van der Waals surface area (Å²) in [4.78, 5) is 4.46. The third-order valence-corrected chi connectivity index (χ3v) is 4.80. The summed E-state index contributed by atoms with van der Waals surface area (Å²) in [5, 5.41) is 13.4. The van der Waals surface area contributed by atoms with E-state index in [4.69, 9.17) is 9.26 Å². The van der Waals surface area contributed by atoms with Crippen LogP contribution in [0.25, 0.3) is 11.4 Å². The van der Waals surface area contributed by atoms with Crippen molar-refractivity contribution in [2.24, 2.45) is 0 Å². The van der Waals surface area contributed by atoms with Gasteiger partial charge in [0, 0.05) is 11.6 Å². The van der Waals surface area contributed by atoms with Crippen molar-refractivity contribution in [1.82, 2.24) is 24.9 Å². The average Bonchev–Trinajstić information content (AvgIpc) is 3.21. The van der Waals surface area contributed by atoms with Crippen LogP contribution in [0.5, 0.6) is 5.75 Å². The number of thioether (sulfide) groups is 1. The smallest absolute Gasteiger partial charge is 0.237 e. The molecular weight excluding hydrogens is 326 g/mol. The van der Waals surface area contributed by atoms with E-state index in [1.54, 1.807) is 18.9 Å². The van der Waals surface area contributed by atoms with Crippen LogP contribution in [-0.2, 0) is 5.75 Å². The molecule has 3 aromatic rings. The van der Waals surface area contributed by atoms with E-state index in [1.165, 1.54) is 12.8 Å². The maximum Gasteiger partial charge on any atom is 0.237 e. The van der Waals surface area contributed by atoms with E-state index in [0.29, 0.717) is 23.5 Å². The highest BCUT2D eigenvalue weighted by atomic mass is 32.2. The van der Waals surface area contributed by atoms with Crippen molar-refractivity contribution in [2.75, 3.05) is 7.11 Å². The Labute approximate surface area is 143 Å². The van der Waals surface area contributed by atoms with Crippen LogP contribution in [0.4, 0.5) is 0 Å². The SMILES string of the molecule is COc1cccc(-c2noc(CSc3nnc(C)n3C3CC3)n2)c1. The molecule has 1 aliphatic rings. The Morgan fingerprint density at radius 3 is 3.00 bits per heavy atom.